The third-order valence-electron chi connectivity index (χ3n) is 6.05. The van der Waals surface area contributed by atoms with Crippen LogP contribution in [0.5, 0.6) is 5.75 Å². The van der Waals surface area contributed by atoms with Crippen molar-refractivity contribution in [2.45, 2.75) is 65.1 Å². The Morgan fingerprint density at radius 1 is 1.10 bits per heavy atom. The van der Waals surface area contributed by atoms with Crippen molar-refractivity contribution in [1.82, 2.24) is 4.90 Å². The van der Waals surface area contributed by atoms with E-state index < -0.39 is 0 Å². The van der Waals surface area contributed by atoms with Gasteiger partial charge >= 0.3 is 0 Å². The van der Waals surface area contributed by atoms with Gasteiger partial charge in [0.05, 0.1) is 11.4 Å². The first-order chi connectivity index (χ1) is 14.0. The number of nitrogen functional groups attached to an aromatic ring is 1. The highest BCUT2D eigenvalue weighted by Crippen LogP contribution is 2.37. The van der Waals surface area contributed by atoms with Crippen LogP contribution in [0.15, 0.2) is 48.5 Å². The van der Waals surface area contributed by atoms with Crippen LogP contribution in [0, 0.1) is 5.92 Å². The molecule has 0 aliphatic carbocycles. The number of piperidine rings is 1. The van der Waals surface area contributed by atoms with Gasteiger partial charge in [-0.2, -0.15) is 0 Å². The summed E-state index contributed by atoms with van der Waals surface area (Å²) in [6, 6.07) is 16.0. The van der Waals surface area contributed by atoms with E-state index in [9.17, 15) is 4.79 Å². The minimum absolute atomic E-state index is 0. The standard InChI is InChI=1S/C24H31N3O2.CH4/c1-16(2)15-27-18-9-10-19(27)14-21(13-18)29-20-11-7-17(8-12-20)24(28)26-23-6-4-3-5-22(23)25;/h3-8,11-12,16,18-19,21H,9-10,13-15,25H2,1-2H3,(H,26,28);1H4. The van der Waals surface area contributed by atoms with E-state index in [-0.39, 0.29) is 19.4 Å². The molecular weight excluding hydrogens is 374 g/mol. The third-order valence-corrected chi connectivity index (χ3v) is 6.05. The van der Waals surface area contributed by atoms with Gasteiger partial charge in [-0.1, -0.05) is 33.4 Å². The lowest BCUT2D eigenvalue weighted by Crippen LogP contribution is -2.47. The fourth-order valence-corrected chi connectivity index (χ4v) is 4.72. The smallest absolute Gasteiger partial charge is 0.255 e. The van der Waals surface area contributed by atoms with Crippen molar-refractivity contribution >= 4 is 17.3 Å². The molecule has 3 N–H and O–H groups in total. The Morgan fingerprint density at radius 3 is 2.33 bits per heavy atom. The van der Waals surface area contributed by atoms with Gasteiger partial charge in [-0.3, -0.25) is 9.69 Å². The molecule has 2 aliphatic heterocycles. The van der Waals surface area contributed by atoms with Gasteiger partial charge in [0, 0.05) is 24.2 Å². The number of amides is 1. The fourth-order valence-electron chi connectivity index (χ4n) is 4.72. The maximum Gasteiger partial charge on any atom is 0.255 e. The molecule has 0 spiro atoms. The predicted octanol–water partition coefficient (Wildman–Crippen LogP) is 5.19. The van der Waals surface area contributed by atoms with E-state index in [1.165, 1.54) is 19.4 Å². The molecule has 2 heterocycles. The molecule has 2 saturated heterocycles. The van der Waals surface area contributed by atoms with Crippen LogP contribution in [0.2, 0.25) is 0 Å². The van der Waals surface area contributed by atoms with Crippen molar-refractivity contribution in [3.63, 3.8) is 0 Å². The lowest BCUT2D eigenvalue weighted by atomic mass is 9.98. The van der Waals surface area contributed by atoms with Crippen molar-refractivity contribution in [1.29, 1.82) is 0 Å². The first kappa shape index (κ1) is 22.2. The Morgan fingerprint density at radius 2 is 1.73 bits per heavy atom. The number of carbonyl (C=O) groups excluding carboxylic acids is 1. The van der Waals surface area contributed by atoms with Gasteiger partial charge in [0.25, 0.3) is 5.91 Å². The number of nitrogens with two attached hydrogens (primary N) is 1. The largest absolute Gasteiger partial charge is 0.490 e. The van der Waals surface area contributed by atoms with Gasteiger partial charge in [0.1, 0.15) is 11.9 Å². The Bertz CT molecular complexity index is 836. The van der Waals surface area contributed by atoms with Crippen LogP contribution >= 0.6 is 0 Å². The van der Waals surface area contributed by atoms with E-state index in [0.717, 1.165) is 18.6 Å². The van der Waals surface area contributed by atoms with Crippen LogP contribution in [0.1, 0.15) is 57.3 Å². The molecule has 2 atom stereocenters. The van der Waals surface area contributed by atoms with Gasteiger partial charge in [-0.25, -0.2) is 0 Å². The van der Waals surface area contributed by atoms with Crippen LogP contribution < -0.4 is 15.8 Å². The number of carbonyl (C=O) groups is 1. The van der Waals surface area contributed by atoms with Crippen LogP contribution in [0.3, 0.4) is 0 Å². The molecule has 0 aromatic heterocycles. The summed E-state index contributed by atoms with van der Waals surface area (Å²) in [6.45, 7) is 5.79. The minimum Gasteiger partial charge on any atom is -0.490 e. The number of rotatable bonds is 6. The zero-order chi connectivity index (χ0) is 20.4. The minimum atomic E-state index is -0.172. The summed E-state index contributed by atoms with van der Waals surface area (Å²) in [5.74, 6) is 1.37. The quantitative estimate of drug-likeness (QED) is 0.645. The second kappa shape index (κ2) is 9.52. The average Bonchev–Trinajstić information content (AvgIpc) is 2.92. The zero-order valence-corrected chi connectivity index (χ0v) is 17.3. The molecule has 2 fully saturated rings. The molecule has 2 bridgehead atoms. The van der Waals surface area contributed by atoms with Gasteiger partial charge < -0.3 is 15.8 Å². The zero-order valence-electron chi connectivity index (χ0n) is 17.3. The summed E-state index contributed by atoms with van der Waals surface area (Å²) in [5.41, 5.74) is 7.67. The first-order valence-electron chi connectivity index (χ1n) is 10.7. The van der Waals surface area contributed by atoms with Crippen molar-refractivity contribution in [2.24, 2.45) is 5.92 Å². The topological polar surface area (TPSA) is 67.6 Å². The van der Waals surface area contributed by atoms with Gasteiger partial charge in [-0.15, -0.1) is 0 Å². The summed E-state index contributed by atoms with van der Waals surface area (Å²) in [6.07, 6.45) is 5.04. The Balaban J connectivity index is 0.00000256. The summed E-state index contributed by atoms with van der Waals surface area (Å²) >= 11 is 0. The molecule has 162 valence electrons. The number of fused-ring (bicyclic) bond motifs is 2. The molecule has 4 rings (SSSR count). The molecule has 1 amide bonds. The number of para-hydroxylation sites is 2. The monoisotopic (exact) mass is 409 g/mol. The van der Waals surface area contributed by atoms with Crippen LogP contribution in [-0.4, -0.2) is 35.5 Å². The molecule has 0 radical (unpaired) electrons. The molecule has 5 heteroatoms. The highest BCUT2D eigenvalue weighted by molar-refractivity contribution is 6.05. The maximum atomic E-state index is 12.5. The van der Waals surface area contributed by atoms with Crippen molar-refractivity contribution in [2.75, 3.05) is 17.6 Å². The molecule has 2 aromatic rings. The summed E-state index contributed by atoms with van der Waals surface area (Å²) in [4.78, 5) is 15.2. The Kier molecular flexibility index (Phi) is 7.03. The Hall–Kier alpha value is -2.53. The maximum absolute atomic E-state index is 12.5. The molecule has 2 aliphatic rings. The van der Waals surface area contributed by atoms with E-state index in [1.54, 1.807) is 12.1 Å². The van der Waals surface area contributed by atoms with Gasteiger partial charge in [0.15, 0.2) is 0 Å². The number of hydrogen-bond donors (Lipinski definition) is 2. The van der Waals surface area contributed by atoms with Crippen molar-refractivity contribution < 1.29 is 9.53 Å². The highest BCUT2D eigenvalue weighted by Gasteiger charge is 2.41. The number of hydrogen-bond acceptors (Lipinski definition) is 4. The van der Waals surface area contributed by atoms with Crippen LogP contribution in [-0.2, 0) is 0 Å². The van der Waals surface area contributed by atoms with E-state index in [2.05, 4.69) is 24.1 Å². The second-order valence-electron chi connectivity index (χ2n) is 8.75. The lowest BCUT2D eigenvalue weighted by Gasteiger charge is -2.39. The van der Waals surface area contributed by atoms with Crippen LogP contribution in [0.25, 0.3) is 0 Å². The lowest BCUT2D eigenvalue weighted by molar-refractivity contribution is 0.0425. The van der Waals surface area contributed by atoms with E-state index in [0.29, 0.717) is 34.9 Å². The fraction of sp³-hybridized carbons (Fsp3) is 0.480. The second-order valence-corrected chi connectivity index (χ2v) is 8.75. The van der Waals surface area contributed by atoms with Crippen molar-refractivity contribution in [3.05, 3.63) is 54.1 Å². The average molecular weight is 410 g/mol. The van der Waals surface area contributed by atoms with Gasteiger partial charge in [0.2, 0.25) is 0 Å². The van der Waals surface area contributed by atoms with Crippen molar-refractivity contribution in [3.8, 4) is 5.75 Å². The van der Waals surface area contributed by atoms with Crippen LogP contribution in [0.4, 0.5) is 11.4 Å². The number of nitrogens with one attached hydrogen (secondary N) is 1. The molecular formula is C25H35N3O2. The summed E-state index contributed by atoms with van der Waals surface area (Å²) in [5, 5.41) is 2.86. The van der Waals surface area contributed by atoms with E-state index >= 15 is 0 Å². The molecule has 5 nitrogen and oxygen atoms in total. The normalized spacial score (nSPS) is 23.1. The molecule has 2 aromatic carbocycles. The molecule has 30 heavy (non-hydrogen) atoms. The first-order valence-corrected chi connectivity index (χ1v) is 10.7. The number of benzene rings is 2. The predicted molar refractivity (Wildman–Crippen MR) is 124 cm³/mol. The third kappa shape index (κ3) is 4.96. The number of ether oxygens (including phenoxy) is 1. The van der Waals surface area contributed by atoms with Gasteiger partial charge in [-0.05, 0) is 68.0 Å². The Labute approximate surface area is 180 Å². The highest BCUT2D eigenvalue weighted by atomic mass is 16.5. The van der Waals surface area contributed by atoms with E-state index in [1.807, 2.05) is 36.4 Å². The molecule has 0 saturated carbocycles. The summed E-state index contributed by atoms with van der Waals surface area (Å²) < 4.78 is 6.28. The molecule has 2 unspecified atom stereocenters. The van der Waals surface area contributed by atoms with E-state index in [4.69, 9.17) is 10.5 Å². The number of anilines is 2. The SMILES string of the molecule is C.CC(C)CN1C2CCC1CC(Oc1ccc(C(=O)Nc3ccccc3N)cc1)C2. The number of nitrogens with zero attached hydrogens (tertiary/aromatic N) is 1. The summed E-state index contributed by atoms with van der Waals surface area (Å²) in [7, 11) is 0.